The summed E-state index contributed by atoms with van der Waals surface area (Å²) in [5.41, 5.74) is 2.27. The zero-order valence-electron chi connectivity index (χ0n) is 13.1. The van der Waals surface area contributed by atoms with Gasteiger partial charge in [0.05, 0.1) is 12.1 Å². The summed E-state index contributed by atoms with van der Waals surface area (Å²) in [6.45, 7) is 2.00. The lowest BCUT2D eigenvalue weighted by atomic mass is 10.0. The second kappa shape index (κ2) is 7.18. The van der Waals surface area contributed by atoms with E-state index in [0.29, 0.717) is 5.92 Å². The van der Waals surface area contributed by atoms with Gasteiger partial charge in [0.15, 0.2) is 0 Å². The summed E-state index contributed by atoms with van der Waals surface area (Å²) in [6.07, 6.45) is 2.37. The fourth-order valence-electron chi connectivity index (χ4n) is 2.78. The van der Waals surface area contributed by atoms with E-state index in [1.807, 2.05) is 49.4 Å². The van der Waals surface area contributed by atoms with Crippen molar-refractivity contribution in [3.63, 3.8) is 0 Å². The zero-order valence-corrected chi connectivity index (χ0v) is 14.7. The molecule has 2 atom stereocenters. The first kappa shape index (κ1) is 16.1. The molecule has 0 bridgehead atoms. The molecule has 1 aliphatic rings. The number of urea groups is 1. The Hall–Kier alpha value is -1.81. The summed E-state index contributed by atoms with van der Waals surface area (Å²) in [5, 5.41) is 6.18. The van der Waals surface area contributed by atoms with Gasteiger partial charge < -0.3 is 10.6 Å². The van der Waals surface area contributed by atoms with Crippen LogP contribution in [0.1, 0.15) is 43.0 Å². The first-order valence-electron chi connectivity index (χ1n) is 8.01. The number of carbonyl (C=O) groups excluding carboxylic acids is 1. The highest BCUT2D eigenvalue weighted by atomic mass is 79.9. The third-order valence-corrected chi connectivity index (χ3v) is 4.78. The molecule has 0 spiro atoms. The van der Waals surface area contributed by atoms with Crippen molar-refractivity contribution < 1.29 is 4.79 Å². The summed E-state index contributed by atoms with van der Waals surface area (Å²) < 4.78 is 1.04. The molecule has 2 N–H and O–H groups in total. The van der Waals surface area contributed by atoms with E-state index in [2.05, 4.69) is 38.7 Å². The SMILES string of the molecule is CC(NC(=O)NC(c1ccccc1)C1CC1)c1ccc(Br)cc1. The average molecular weight is 373 g/mol. The molecule has 0 aliphatic heterocycles. The van der Waals surface area contributed by atoms with E-state index in [9.17, 15) is 4.79 Å². The minimum atomic E-state index is -0.110. The smallest absolute Gasteiger partial charge is 0.315 e. The van der Waals surface area contributed by atoms with Crippen molar-refractivity contribution in [2.75, 3.05) is 0 Å². The fourth-order valence-corrected chi connectivity index (χ4v) is 3.04. The molecule has 2 aromatic carbocycles. The molecule has 2 amide bonds. The Bertz CT molecular complexity index is 653. The topological polar surface area (TPSA) is 41.1 Å². The van der Waals surface area contributed by atoms with Crippen LogP contribution in [0.25, 0.3) is 0 Å². The number of amides is 2. The predicted molar refractivity (Wildman–Crippen MR) is 96.1 cm³/mol. The van der Waals surface area contributed by atoms with Crippen LogP contribution in [0.3, 0.4) is 0 Å². The van der Waals surface area contributed by atoms with Gasteiger partial charge in [0.2, 0.25) is 0 Å². The van der Waals surface area contributed by atoms with Gasteiger partial charge in [-0.15, -0.1) is 0 Å². The maximum atomic E-state index is 12.4. The molecule has 23 heavy (non-hydrogen) atoms. The molecule has 3 nitrogen and oxygen atoms in total. The van der Waals surface area contributed by atoms with Crippen molar-refractivity contribution in [2.45, 2.75) is 31.8 Å². The first-order chi connectivity index (χ1) is 11.1. The summed E-state index contributed by atoms with van der Waals surface area (Å²) >= 11 is 3.43. The molecule has 0 aromatic heterocycles. The molecule has 0 saturated heterocycles. The van der Waals surface area contributed by atoms with Crippen LogP contribution in [0.5, 0.6) is 0 Å². The molecule has 1 aliphatic carbocycles. The molecule has 0 radical (unpaired) electrons. The minimum Gasteiger partial charge on any atom is -0.332 e. The van der Waals surface area contributed by atoms with Crippen molar-refractivity contribution in [3.8, 4) is 0 Å². The van der Waals surface area contributed by atoms with Gasteiger partial charge in [0, 0.05) is 4.47 Å². The van der Waals surface area contributed by atoms with Crippen LogP contribution in [0.4, 0.5) is 4.79 Å². The lowest BCUT2D eigenvalue weighted by Gasteiger charge is -2.21. The Morgan fingerprint density at radius 1 is 1.00 bits per heavy atom. The quantitative estimate of drug-likeness (QED) is 0.764. The Labute approximate surface area is 145 Å². The van der Waals surface area contributed by atoms with Gasteiger partial charge in [-0.3, -0.25) is 0 Å². The number of benzene rings is 2. The number of nitrogens with one attached hydrogen (secondary N) is 2. The van der Waals surface area contributed by atoms with Crippen molar-refractivity contribution in [2.24, 2.45) is 5.92 Å². The third-order valence-electron chi connectivity index (χ3n) is 4.26. The van der Waals surface area contributed by atoms with Crippen LogP contribution in [0, 0.1) is 5.92 Å². The number of hydrogen-bond acceptors (Lipinski definition) is 1. The lowest BCUT2D eigenvalue weighted by molar-refractivity contribution is 0.232. The second-order valence-electron chi connectivity index (χ2n) is 6.12. The normalized spacial score (nSPS) is 16.4. The summed E-state index contributed by atoms with van der Waals surface area (Å²) in [4.78, 5) is 12.4. The van der Waals surface area contributed by atoms with Crippen LogP contribution in [0.2, 0.25) is 0 Å². The molecule has 2 aromatic rings. The lowest BCUT2D eigenvalue weighted by Crippen LogP contribution is -2.39. The summed E-state index contributed by atoms with van der Waals surface area (Å²) in [7, 11) is 0. The average Bonchev–Trinajstić information content (AvgIpc) is 3.39. The van der Waals surface area contributed by atoms with Crippen molar-refractivity contribution in [1.82, 2.24) is 10.6 Å². The Balaban J connectivity index is 1.62. The molecule has 0 heterocycles. The molecule has 1 saturated carbocycles. The number of hydrogen-bond donors (Lipinski definition) is 2. The maximum Gasteiger partial charge on any atom is 0.315 e. The van der Waals surface area contributed by atoms with Crippen molar-refractivity contribution in [3.05, 3.63) is 70.2 Å². The van der Waals surface area contributed by atoms with Crippen molar-refractivity contribution in [1.29, 1.82) is 0 Å². The van der Waals surface area contributed by atoms with Gasteiger partial charge >= 0.3 is 6.03 Å². The van der Waals surface area contributed by atoms with Gasteiger partial charge in [-0.25, -0.2) is 4.79 Å². The number of rotatable bonds is 5. The largest absolute Gasteiger partial charge is 0.332 e. The van der Waals surface area contributed by atoms with Crippen LogP contribution >= 0.6 is 15.9 Å². The highest BCUT2D eigenvalue weighted by Gasteiger charge is 2.33. The fraction of sp³-hybridized carbons (Fsp3) is 0.316. The molecule has 4 heteroatoms. The summed E-state index contributed by atoms with van der Waals surface area (Å²) in [5.74, 6) is 0.561. The molecule has 2 unspecified atom stereocenters. The van der Waals surface area contributed by atoms with E-state index in [0.717, 1.165) is 10.0 Å². The minimum absolute atomic E-state index is 0.0290. The second-order valence-corrected chi connectivity index (χ2v) is 7.03. The Morgan fingerprint density at radius 2 is 1.65 bits per heavy atom. The van der Waals surface area contributed by atoms with E-state index in [-0.39, 0.29) is 18.1 Å². The van der Waals surface area contributed by atoms with Crippen LogP contribution in [-0.4, -0.2) is 6.03 Å². The first-order valence-corrected chi connectivity index (χ1v) is 8.80. The standard InChI is InChI=1S/C19H21BrN2O/c1-13(14-9-11-17(20)12-10-14)21-19(23)22-18(16-7-8-16)15-5-3-2-4-6-15/h2-6,9-13,16,18H,7-8H2,1H3,(H2,21,22,23). The van der Waals surface area contributed by atoms with Gasteiger partial charge in [0.25, 0.3) is 0 Å². The van der Waals surface area contributed by atoms with E-state index >= 15 is 0 Å². The molecular weight excluding hydrogens is 352 g/mol. The van der Waals surface area contributed by atoms with Crippen LogP contribution in [0.15, 0.2) is 59.1 Å². The summed E-state index contributed by atoms with van der Waals surface area (Å²) in [6, 6.07) is 18.2. The van der Waals surface area contributed by atoms with E-state index < -0.39 is 0 Å². The molecule has 1 fully saturated rings. The van der Waals surface area contributed by atoms with E-state index in [4.69, 9.17) is 0 Å². The van der Waals surface area contributed by atoms with Gasteiger partial charge in [-0.05, 0) is 48.9 Å². The number of halogens is 1. The van der Waals surface area contributed by atoms with E-state index in [1.54, 1.807) is 0 Å². The van der Waals surface area contributed by atoms with Gasteiger partial charge in [-0.1, -0.05) is 58.4 Å². The zero-order chi connectivity index (χ0) is 16.2. The van der Waals surface area contributed by atoms with Crippen LogP contribution < -0.4 is 10.6 Å². The Kier molecular flexibility index (Phi) is 5.01. The monoisotopic (exact) mass is 372 g/mol. The third kappa shape index (κ3) is 4.35. The molecular formula is C19H21BrN2O. The van der Waals surface area contributed by atoms with Crippen molar-refractivity contribution >= 4 is 22.0 Å². The molecule has 3 rings (SSSR count). The number of carbonyl (C=O) groups is 1. The van der Waals surface area contributed by atoms with E-state index in [1.165, 1.54) is 18.4 Å². The van der Waals surface area contributed by atoms with Crippen LogP contribution in [-0.2, 0) is 0 Å². The molecule has 120 valence electrons. The predicted octanol–water partition coefficient (Wildman–Crippen LogP) is 4.96. The van der Waals surface area contributed by atoms with Gasteiger partial charge in [0.1, 0.15) is 0 Å². The van der Waals surface area contributed by atoms with Gasteiger partial charge in [-0.2, -0.15) is 0 Å². The Morgan fingerprint density at radius 3 is 2.26 bits per heavy atom. The maximum absolute atomic E-state index is 12.4. The highest BCUT2D eigenvalue weighted by Crippen LogP contribution is 2.40. The highest BCUT2D eigenvalue weighted by molar-refractivity contribution is 9.10.